The van der Waals surface area contributed by atoms with Crippen LogP contribution in [-0.4, -0.2) is 39.0 Å². The van der Waals surface area contributed by atoms with E-state index in [0.29, 0.717) is 17.1 Å². The van der Waals surface area contributed by atoms with Gasteiger partial charge in [0.2, 0.25) is 11.8 Å². The van der Waals surface area contributed by atoms with Gasteiger partial charge in [0, 0.05) is 19.2 Å². The van der Waals surface area contributed by atoms with Crippen molar-refractivity contribution >= 4 is 23.4 Å². The molecule has 0 unspecified atom stereocenters. The minimum Gasteiger partial charge on any atom is -0.493 e. The van der Waals surface area contributed by atoms with Crippen molar-refractivity contribution in [2.24, 2.45) is 5.92 Å². The first-order valence-corrected chi connectivity index (χ1v) is 11.6. The van der Waals surface area contributed by atoms with Gasteiger partial charge in [-0.15, -0.1) is 0 Å². The summed E-state index contributed by atoms with van der Waals surface area (Å²) in [4.78, 5) is 40.9. The van der Waals surface area contributed by atoms with Crippen LogP contribution in [-0.2, 0) is 20.9 Å². The molecule has 36 heavy (non-hydrogen) atoms. The van der Waals surface area contributed by atoms with Gasteiger partial charge in [-0.1, -0.05) is 48.5 Å². The Bertz CT molecular complexity index is 1310. The van der Waals surface area contributed by atoms with Gasteiger partial charge >= 0.3 is 0 Å². The maximum atomic E-state index is 13.4. The zero-order valence-corrected chi connectivity index (χ0v) is 20.7. The summed E-state index contributed by atoms with van der Waals surface area (Å²) in [5, 5.41) is 5.59. The van der Waals surface area contributed by atoms with E-state index in [1.54, 1.807) is 37.3 Å². The highest BCUT2D eigenvalue weighted by atomic mass is 16.5. The Morgan fingerprint density at radius 2 is 1.58 bits per heavy atom. The summed E-state index contributed by atoms with van der Waals surface area (Å²) in [6, 6.07) is 19.5. The monoisotopic (exact) mass is 487 g/mol. The van der Waals surface area contributed by atoms with E-state index in [-0.39, 0.29) is 12.5 Å². The lowest BCUT2D eigenvalue weighted by atomic mass is 9.95. The fourth-order valence-electron chi connectivity index (χ4n) is 4.29. The maximum absolute atomic E-state index is 13.4. The normalized spacial score (nSPS) is 15.2. The average molecular weight is 488 g/mol. The van der Waals surface area contributed by atoms with Crippen LogP contribution >= 0.6 is 0 Å². The van der Waals surface area contributed by atoms with E-state index in [1.165, 1.54) is 14.0 Å². The van der Waals surface area contributed by atoms with Crippen molar-refractivity contribution in [1.82, 2.24) is 10.6 Å². The molecule has 8 nitrogen and oxygen atoms in total. The number of methoxy groups -OCH3 is 2. The van der Waals surface area contributed by atoms with Crippen LogP contribution in [0.3, 0.4) is 0 Å². The second-order valence-corrected chi connectivity index (χ2v) is 8.57. The van der Waals surface area contributed by atoms with Gasteiger partial charge in [-0.25, -0.2) is 0 Å². The minimum atomic E-state index is -1.01. The van der Waals surface area contributed by atoms with Gasteiger partial charge < -0.3 is 25.0 Å². The Morgan fingerprint density at radius 1 is 0.917 bits per heavy atom. The number of hydrogen-bond acceptors (Lipinski definition) is 5. The van der Waals surface area contributed by atoms with Crippen LogP contribution in [0.5, 0.6) is 11.5 Å². The molecule has 0 bridgehead atoms. The lowest BCUT2D eigenvalue weighted by molar-refractivity contribution is -0.136. The quantitative estimate of drug-likeness (QED) is 0.498. The van der Waals surface area contributed by atoms with Crippen LogP contribution < -0.4 is 25.0 Å². The molecule has 0 saturated carbocycles. The topological polar surface area (TPSA) is 97.0 Å². The van der Waals surface area contributed by atoms with E-state index in [1.807, 2.05) is 48.5 Å². The molecule has 1 aliphatic heterocycles. The molecule has 0 radical (unpaired) electrons. The second-order valence-electron chi connectivity index (χ2n) is 8.57. The summed E-state index contributed by atoms with van der Waals surface area (Å²) in [5.74, 6) is -1.15. The Hall–Kier alpha value is -4.33. The SMILES string of the molecule is COc1ccc(CNC(=O)[C@@H](C)C(=O)N[C@@H]2C(=O)N(C)c3ccccc3-c3ccccc32)cc1OC. The standard InChI is InChI=1S/C28H29N3O5/c1-17(26(32)29-16-18-13-14-23(35-3)24(15-18)36-4)27(33)30-25-21-11-6-5-9-19(21)20-10-7-8-12-22(20)31(2)28(25)34/h5-15,17,25H,16H2,1-4H3,(H,29,32)(H,30,33)/t17-,25+/m1/s1. The number of para-hydroxylation sites is 1. The third-order valence-corrected chi connectivity index (χ3v) is 6.39. The van der Waals surface area contributed by atoms with Gasteiger partial charge in [0.05, 0.1) is 19.9 Å². The highest BCUT2D eigenvalue weighted by Gasteiger charge is 2.35. The lowest BCUT2D eigenvalue weighted by Gasteiger charge is -2.24. The molecule has 2 N–H and O–H groups in total. The number of carbonyl (C=O) groups is 3. The van der Waals surface area contributed by atoms with E-state index < -0.39 is 23.8 Å². The number of fused-ring (bicyclic) bond motifs is 3. The zero-order valence-electron chi connectivity index (χ0n) is 20.7. The molecule has 3 aromatic carbocycles. The van der Waals surface area contributed by atoms with Crippen LogP contribution in [0.2, 0.25) is 0 Å². The second kappa shape index (κ2) is 10.5. The van der Waals surface area contributed by atoms with E-state index in [0.717, 1.165) is 22.4 Å². The number of benzene rings is 3. The largest absolute Gasteiger partial charge is 0.493 e. The van der Waals surface area contributed by atoms with E-state index in [2.05, 4.69) is 10.6 Å². The molecule has 3 aromatic rings. The van der Waals surface area contributed by atoms with Crippen LogP contribution in [0.1, 0.15) is 24.1 Å². The molecule has 0 aromatic heterocycles. The highest BCUT2D eigenvalue weighted by Crippen LogP contribution is 2.39. The number of hydrogen-bond donors (Lipinski definition) is 2. The van der Waals surface area contributed by atoms with E-state index in [4.69, 9.17) is 9.47 Å². The molecule has 1 aliphatic rings. The first-order chi connectivity index (χ1) is 17.3. The van der Waals surface area contributed by atoms with Crippen molar-refractivity contribution in [3.8, 4) is 22.6 Å². The Kier molecular flexibility index (Phi) is 7.24. The number of carbonyl (C=O) groups excluding carboxylic acids is 3. The molecule has 0 aliphatic carbocycles. The number of ether oxygens (including phenoxy) is 2. The van der Waals surface area contributed by atoms with Crippen LogP contribution in [0, 0.1) is 5.92 Å². The first-order valence-electron chi connectivity index (χ1n) is 11.6. The van der Waals surface area contributed by atoms with Gasteiger partial charge in [0.1, 0.15) is 12.0 Å². The Labute approximate surface area is 210 Å². The number of nitrogens with zero attached hydrogens (tertiary/aromatic N) is 1. The van der Waals surface area contributed by atoms with Crippen molar-refractivity contribution in [3.05, 3.63) is 77.9 Å². The van der Waals surface area contributed by atoms with Gasteiger partial charge in [-0.2, -0.15) is 0 Å². The van der Waals surface area contributed by atoms with Crippen LogP contribution in [0.4, 0.5) is 5.69 Å². The molecule has 0 spiro atoms. The summed E-state index contributed by atoms with van der Waals surface area (Å²) in [6.07, 6.45) is 0. The van der Waals surface area contributed by atoms with Crippen molar-refractivity contribution in [3.63, 3.8) is 0 Å². The summed E-state index contributed by atoms with van der Waals surface area (Å²) in [6.45, 7) is 1.73. The molecule has 0 saturated heterocycles. The van der Waals surface area contributed by atoms with Gasteiger partial charge in [-0.3, -0.25) is 14.4 Å². The summed E-state index contributed by atoms with van der Waals surface area (Å²) >= 11 is 0. The number of nitrogens with one attached hydrogen (secondary N) is 2. The third-order valence-electron chi connectivity index (χ3n) is 6.39. The van der Waals surface area contributed by atoms with Crippen molar-refractivity contribution in [2.45, 2.75) is 19.5 Å². The molecule has 4 rings (SSSR count). The van der Waals surface area contributed by atoms with Crippen molar-refractivity contribution in [1.29, 1.82) is 0 Å². The van der Waals surface area contributed by atoms with Gasteiger partial charge in [0.15, 0.2) is 11.5 Å². The summed E-state index contributed by atoms with van der Waals surface area (Å²) in [5.41, 5.74) is 4.00. The predicted molar refractivity (Wildman–Crippen MR) is 137 cm³/mol. The maximum Gasteiger partial charge on any atom is 0.253 e. The van der Waals surface area contributed by atoms with E-state index in [9.17, 15) is 14.4 Å². The zero-order chi connectivity index (χ0) is 25.8. The van der Waals surface area contributed by atoms with Crippen molar-refractivity contribution in [2.75, 3.05) is 26.2 Å². The van der Waals surface area contributed by atoms with Crippen LogP contribution in [0.25, 0.3) is 11.1 Å². The first kappa shape index (κ1) is 24.8. The number of amides is 3. The predicted octanol–water partition coefficient (Wildman–Crippen LogP) is 3.46. The average Bonchev–Trinajstić information content (AvgIpc) is 3.00. The molecule has 0 fully saturated rings. The smallest absolute Gasteiger partial charge is 0.253 e. The molecule has 186 valence electrons. The summed E-state index contributed by atoms with van der Waals surface area (Å²) < 4.78 is 10.5. The van der Waals surface area contributed by atoms with Gasteiger partial charge in [0.25, 0.3) is 5.91 Å². The fraction of sp³-hybridized carbons (Fsp3) is 0.250. The van der Waals surface area contributed by atoms with Gasteiger partial charge in [-0.05, 0) is 41.8 Å². The highest BCUT2D eigenvalue weighted by molar-refractivity contribution is 6.07. The minimum absolute atomic E-state index is 0.208. The number of rotatable bonds is 7. The Morgan fingerprint density at radius 3 is 2.31 bits per heavy atom. The third kappa shape index (κ3) is 4.75. The summed E-state index contributed by atoms with van der Waals surface area (Å²) in [7, 11) is 4.77. The molecular formula is C28H29N3O5. The van der Waals surface area contributed by atoms with Crippen molar-refractivity contribution < 1.29 is 23.9 Å². The molecule has 8 heteroatoms. The lowest BCUT2D eigenvalue weighted by Crippen LogP contribution is -2.45. The number of likely N-dealkylation sites (N-methyl/N-ethyl adjacent to an activating group) is 1. The Balaban J connectivity index is 1.49. The van der Waals surface area contributed by atoms with Crippen LogP contribution in [0.15, 0.2) is 66.7 Å². The molecule has 1 heterocycles. The molecular weight excluding hydrogens is 458 g/mol. The molecule has 3 amide bonds. The fourth-order valence-corrected chi connectivity index (χ4v) is 4.29. The molecule has 2 atom stereocenters. The number of anilines is 1. The van der Waals surface area contributed by atoms with E-state index >= 15 is 0 Å².